The zero-order valence-electron chi connectivity index (χ0n) is 34.9. The fraction of sp³-hybridized carbons (Fsp3) is 0.442. The van der Waals surface area contributed by atoms with Gasteiger partial charge >= 0.3 is 11.9 Å². The van der Waals surface area contributed by atoms with E-state index >= 15 is 0 Å². The van der Waals surface area contributed by atoms with E-state index in [0.717, 1.165) is 21.7 Å². The molecule has 0 spiro atoms. The van der Waals surface area contributed by atoms with Gasteiger partial charge in [-0.05, 0) is 63.4 Å². The van der Waals surface area contributed by atoms with E-state index in [9.17, 15) is 24.0 Å². The molecule has 2 fully saturated rings. The van der Waals surface area contributed by atoms with Crippen molar-refractivity contribution in [2.75, 3.05) is 56.4 Å². The molecule has 4 aromatic rings. The number of piperazine rings is 1. The van der Waals surface area contributed by atoms with Crippen LogP contribution in [0.25, 0.3) is 21.7 Å². The van der Waals surface area contributed by atoms with Gasteiger partial charge in [-0.3, -0.25) is 28.9 Å². The molecule has 4 heterocycles. The van der Waals surface area contributed by atoms with Gasteiger partial charge in [0.1, 0.15) is 17.9 Å². The molecular formula is C43H53N9O7S. The summed E-state index contributed by atoms with van der Waals surface area (Å²) in [6.45, 7) is 12.7. The van der Waals surface area contributed by atoms with E-state index < -0.39 is 35.5 Å². The summed E-state index contributed by atoms with van der Waals surface area (Å²) < 4.78 is 10.9. The molecule has 60 heavy (non-hydrogen) atoms. The lowest BCUT2D eigenvalue weighted by atomic mass is 9.83. The van der Waals surface area contributed by atoms with Gasteiger partial charge in [-0.2, -0.15) is 0 Å². The summed E-state index contributed by atoms with van der Waals surface area (Å²) in [7, 11) is 0. The minimum atomic E-state index is -1.10. The van der Waals surface area contributed by atoms with Crippen LogP contribution in [-0.4, -0.2) is 119 Å². The van der Waals surface area contributed by atoms with E-state index in [1.807, 2.05) is 53.7 Å². The molecule has 16 nitrogen and oxygen atoms in total. The number of nitrogens with two attached hydrogens (primary N) is 1. The molecule has 3 amide bonds. The summed E-state index contributed by atoms with van der Waals surface area (Å²) in [6.07, 6.45) is 0.133. The van der Waals surface area contributed by atoms with E-state index in [-0.39, 0.29) is 43.0 Å². The van der Waals surface area contributed by atoms with E-state index in [1.165, 1.54) is 18.7 Å². The van der Waals surface area contributed by atoms with Gasteiger partial charge in [-0.25, -0.2) is 4.98 Å². The SMILES string of the molecule is CC(=O)Oc1ccccc1-c1cc(N2CCN(CC(=O)N[C@@H](C)C(C)(C)C(=O)N3C[C@H](OC(C)=O)C[C@H]3C(=O)NCCc3ccc(-c4scnc4C)cc3)CC2)c(N)nn1. The van der Waals surface area contributed by atoms with Gasteiger partial charge in [0.05, 0.1) is 46.0 Å². The van der Waals surface area contributed by atoms with Crippen molar-refractivity contribution in [3.8, 4) is 27.4 Å². The summed E-state index contributed by atoms with van der Waals surface area (Å²) in [4.78, 5) is 75.9. The number of likely N-dealkylation sites (tertiary alicyclic amines) is 1. The molecule has 0 radical (unpaired) electrons. The summed E-state index contributed by atoms with van der Waals surface area (Å²) in [5.74, 6) is -1.20. The molecule has 3 atom stereocenters. The molecule has 4 N–H and O–H groups in total. The molecule has 2 aromatic carbocycles. The Balaban J connectivity index is 1.02. The van der Waals surface area contributed by atoms with Crippen molar-refractivity contribution in [3.05, 3.63) is 71.4 Å². The second-order valence-corrected chi connectivity index (χ2v) is 16.7. The highest BCUT2D eigenvalue weighted by Crippen LogP contribution is 2.34. The average Bonchev–Trinajstić information content (AvgIpc) is 3.84. The van der Waals surface area contributed by atoms with Gasteiger partial charge < -0.3 is 35.6 Å². The molecular weight excluding hydrogens is 787 g/mol. The standard InChI is InChI=1S/C43H53N9O7S/c1-26-39(60-25-46-26)31-13-11-30(12-14-31)15-16-45-41(56)36-21-32(58-28(3)53)23-52(36)42(57)43(5,6)27(2)47-38(55)24-50-17-19-51(20-18-50)35-22-34(48-49-40(35)44)33-9-7-8-10-37(33)59-29(4)54/h7-14,22,25,27,32,36H,15-21,23-24H2,1-6H3,(H2,44,49)(H,45,56)(H,47,55)/t27-,32+,36-/m0/s1. The third-order valence-electron chi connectivity index (χ3n) is 11.1. The van der Waals surface area contributed by atoms with Crippen molar-refractivity contribution in [1.29, 1.82) is 0 Å². The normalized spacial score (nSPS) is 17.5. The number of benzene rings is 2. The maximum absolute atomic E-state index is 14.2. The minimum Gasteiger partial charge on any atom is -0.461 e. The number of nitrogens with one attached hydrogen (secondary N) is 2. The number of nitrogen functional groups attached to an aromatic ring is 1. The van der Waals surface area contributed by atoms with Gasteiger partial charge in [-0.1, -0.05) is 36.4 Å². The van der Waals surface area contributed by atoms with Crippen LogP contribution < -0.4 is 26.0 Å². The lowest BCUT2D eigenvalue weighted by molar-refractivity contribution is -0.149. The van der Waals surface area contributed by atoms with Crippen molar-refractivity contribution >= 4 is 52.5 Å². The summed E-state index contributed by atoms with van der Waals surface area (Å²) in [6, 6.07) is 15.6. The molecule has 0 unspecified atom stereocenters. The predicted molar refractivity (Wildman–Crippen MR) is 228 cm³/mol. The highest BCUT2D eigenvalue weighted by molar-refractivity contribution is 7.13. The molecule has 0 saturated carbocycles. The van der Waals surface area contributed by atoms with Crippen molar-refractivity contribution in [3.63, 3.8) is 0 Å². The average molecular weight is 840 g/mol. The first-order valence-electron chi connectivity index (χ1n) is 20.0. The Hall–Kier alpha value is -5.94. The fourth-order valence-electron chi connectivity index (χ4n) is 7.51. The van der Waals surface area contributed by atoms with Crippen molar-refractivity contribution < 1.29 is 33.4 Å². The molecule has 2 saturated heterocycles. The Morgan fingerprint density at radius 2 is 1.70 bits per heavy atom. The summed E-state index contributed by atoms with van der Waals surface area (Å²) in [5.41, 5.74) is 11.9. The second kappa shape index (κ2) is 19.0. The minimum absolute atomic E-state index is 0.0705. The first kappa shape index (κ1) is 43.6. The maximum Gasteiger partial charge on any atom is 0.308 e. The number of carbonyl (C=O) groups is 5. The number of anilines is 2. The number of ether oxygens (including phenoxy) is 2. The van der Waals surface area contributed by atoms with Gasteiger partial charge in [-0.15, -0.1) is 21.5 Å². The van der Waals surface area contributed by atoms with Crippen LogP contribution in [0.1, 0.15) is 52.3 Å². The monoisotopic (exact) mass is 839 g/mol. The van der Waals surface area contributed by atoms with E-state index in [4.69, 9.17) is 15.2 Å². The van der Waals surface area contributed by atoms with Crippen LogP contribution in [0.4, 0.5) is 11.5 Å². The second-order valence-electron chi connectivity index (χ2n) is 15.8. The van der Waals surface area contributed by atoms with Crippen molar-refractivity contribution in [1.82, 2.24) is 35.6 Å². The Morgan fingerprint density at radius 1 is 0.983 bits per heavy atom. The molecule has 17 heteroatoms. The highest BCUT2D eigenvalue weighted by atomic mass is 32.1. The highest BCUT2D eigenvalue weighted by Gasteiger charge is 2.47. The largest absolute Gasteiger partial charge is 0.461 e. The third-order valence-corrected chi connectivity index (χ3v) is 12.1. The number of nitrogens with zero attached hydrogens (tertiary/aromatic N) is 6. The fourth-order valence-corrected chi connectivity index (χ4v) is 8.32. The lowest BCUT2D eigenvalue weighted by Crippen LogP contribution is -2.57. The number of aromatic nitrogens is 3. The Bertz CT molecular complexity index is 2200. The number of carbonyl (C=O) groups excluding carboxylic acids is 5. The molecule has 2 aromatic heterocycles. The number of rotatable bonds is 14. The van der Waals surface area contributed by atoms with Crippen LogP contribution in [0.2, 0.25) is 0 Å². The number of amides is 3. The number of thiazole rings is 1. The van der Waals surface area contributed by atoms with Gasteiger partial charge in [0, 0.05) is 64.6 Å². The zero-order chi connectivity index (χ0) is 43.1. The first-order chi connectivity index (χ1) is 28.6. The number of aryl methyl sites for hydroxylation is 1. The summed E-state index contributed by atoms with van der Waals surface area (Å²) >= 11 is 1.59. The van der Waals surface area contributed by atoms with Crippen LogP contribution in [0.3, 0.4) is 0 Å². The Kier molecular flexibility index (Phi) is 13.8. The van der Waals surface area contributed by atoms with Crippen molar-refractivity contribution in [2.24, 2.45) is 5.41 Å². The molecule has 6 rings (SSSR count). The maximum atomic E-state index is 14.2. The molecule has 0 aliphatic carbocycles. The lowest BCUT2D eigenvalue weighted by Gasteiger charge is -2.38. The van der Waals surface area contributed by atoms with Crippen molar-refractivity contribution in [2.45, 2.75) is 72.6 Å². The predicted octanol–water partition coefficient (Wildman–Crippen LogP) is 3.63. The van der Waals surface area contributed by atoms with E-state index in [0.29, 0.717) is 61.8 Å². The van der Waals surface area contributed by atoms with Crippen LogP contribution in [0, 0.1) is 12.3 Å². The number of para-hydroxylation sites is 1. The Morgan fingerprint density at radius 3 is 2.37 bits per heavy atom. The number of esters is 2. The van der Waals surface area contributed by atoms with Gasteiger partial charge in [0.15, 0.2) is 5.82 Å². The Labute approximate surface area is 353 Å². The van der Waals surface area contributed by atoms with Crippen LogP contribution in [-0.2, 0) is 35.1 Å². The number of hydrogen-bond donors (Lipinski definition) is 3. The smallest absolute Gasteiger partial charge is 0.308 e. The zero-order valence-corrected chi connectivity index (χ0v) is 35.7. The molecule has 2 aliphatic rings. The third kappa shape index (κ3) is 10.4. The molecule has 2 aliphatic heterocycles. The molecule has 318 valence electrons. The number of hydrogen-bond acceptors (Lipinski definition) is 14. The first-order valence-corrected chi connectivity index (χ1v) is 20.9. The van der Waals surface area contributed by atoms with Crippen LogP contribution in [0.5, 0.6) is 5.75 Å². The van der Waals surface area contributed by atoms with Gasteiger partial charge in [0.25, 0.3) is 0 Å². The summed E-state index contributed by atoms with van der Waals surface area (Å²) in [5, 5.41) is 14.4. The quantitative estimate of drug-likeness (QED) is 0.123. The van der Waals surface area contributed by atoms with Crippen LogP contribution >= 0.6 is 11.3 Å². The topological polar surface area (TPSA) is 202 Å². The van der Waals surface area contributed by atoms with Gasteiger partial charge in [0.2, 0.25) is 17.7 Å². The molecule has 0 bridgehead atoms. The van der Waals surface area contributed by atoms with E-state index in [1.54, 1.807) is 50.3 Å². The van der Waals surface area contributed by atoms with E-state index in [2.05, 4.69) is 30.7 Å². The van der Waals surface area contributed by atoms with Crippen LogP contribution in [0.15, 0.2) is 60.1 Å².